The zero-order valence-electron chi connectivity index (χ0n) is 10.5. The van der Waals surface area contributed by atoms with Gasteiger partial charge in [-0.15, -0.1) is 0 Å². The first-order valence-corrected chi connectivity index (χ1v) is 6.83. The summed E-state index contributed by atoms with van der Waals surface area (Å²) in [6.07, 6.45) is 5.87. The summed E-state index contributed by atoms with van der Waals surface area (Å²) in [5.74, 6) is 3.06. The van der Waals surface area contributed by atoms with Crippen molar-refractivity contribution in [3.63, 3.8) is 0 Å². The van der Waals surface area contributed by atoms with Gasteiger partial charge in [0, 0.05) is 6.04 Å². The first-order chi connectivity index (χ1) is 7.09. The van der Waals surface area contributed by atoms with E-state index in [1.807, 2.05) is 0 Å². The van der Waals surface area contributed by atoms with Crippen molar-refractivity contribution in [3.05, 3.63) is 0 Å². The predicted octanol–water partition coefficient (Wildman–Crippen LogP) is 3.15. The fourth-order valence-electron chi connectivity index (χ4n) is 4.80. The summed E-state index contributed by atoms with van der Waals surface area (Å²) in [4.78, 5) is 2.80. The highest BCUT2D eigenvalue weighted by Gasteiger charge is 2.62. The molecule has 0 bridgehead atoms. The summed E-state index contributed by atoms with van der Waals surface area (Å²) in [5, 5.41) is 0. The van der Waals surface area contributed by atoms with Crippen molar-refractivity contribution in [1.29, 1.82) is 0 Å². The van der Waals surface area contributed by atoms with Crippen LogP contribution in [-0.2, 0) is 0 Å². The third kappa shape index (κ3) is 1.54. The van der Waals surface area contributed by atoms with Gasteiger partial charge in [0.25, 0.3) is 0 Å². The van der Waals surface area contributed by atoms with Crippen molar-refractivity contribution in [2.45, 2.75) is 52.5 Å². The van der Waals surface area contributed by atoms with E-state index in [9.17, 15) is 0 Å². The molecular formula is C14H25N. The molecule has 1 nitrogen and oxygen atoms in total. The zero-order chi connectivity index (χ0) is 10.6. The van der Waals surface area contributed by atoms with E-state index >= 15 is 0 Å². The minimum absolute atomic E-state index is 0.621. The van der Waals surface area contributed by atoms with Gasteiger partial charge >= 0.3 is 0 Å². The number of hydrogen-bond acceptors (Lipinski definition) is 1. The molecule has 0 aromatic heterocycles. The zero-order valence-corrected chi connectivity index (χ0v) is 10.5. The maximum atomic E-state index is 2.80. The van der Waals surface area contributed by atoms with E-state index < -0.39 is 0 Å². The van der Waals surface area contributed by atoms with Crippen LogP contribution in [0.5, 0.6) is 0 Å². The maximum Gasteiger partial charge on any atom is 0.0164 e. The standard InChI is InChI=1S/C14H25N/c1-10-8-11-12(14(2,3)9-10)13(11)15-6-4-5-7-15/h10-13H,4-9H2,1-3H3/t10?,11?,12-,13?/m0/s1. The molecule has 0 aromatic carbocycles. The highest BCUT2D eigenvalue weighted by molar-refractivity contribution is 5.13. The van der Waals surface area contributed by atoms with Crippen LogP contribution in [0.3, 0.4) is 0 Å². The van der Waals surface area contributed by atoms with Gasteiger partial charge < -0.3 is 0 Å². The quantitative estimate of drug-likeness (QED) is 0.638. The Hall–Kier alpha value is -0.0400. The molecule has 1 heterocycles. The Morgan fingerprint density at radius 1 is 1.13 bits per heavy atom. The van der Waals surface area contributed by atoms with Crippen LogP contribution in [0.1, 0.15) is 46.5 Å². The molecule has 2 saturated carbocycles. The molecule has 1 saturated heterocycles. The minimum Gasteiger partial charge on any atom is -0.300 e. The summed E-state index contributed by atoms with van der Waals surface area (Å²) in [5.41, 5.74) is 0.621. The second-order valence-corrected chi connectivity index (χ2v) is 6.96. The fourth-order valence-corrected chi connectivity index (χ4v) is 4.80. The van der Waals surface area contributed by atoms with E-state index in [4.69, 9.17) is 0 Å². The molecule has 3 fully saturated rings. The Balaban J connectivity index is 1.74. The number of likely N-dealkylation sites (tertiary alicyclic amines) is 1. The summed E-state index contributed by atoms with van der Waals surface area (Å²) in [7, 11) is 0. The highest BCUT2D eigenvalue weighted by atomic mass is 15.2. The van der Waals surface area contributed by atoms with Gasteiger partial charge in [-0.25, -0.2) is 0 Å². The SMILES string of the molecule is CC1CC2C(N3CCCC3)[C@H]2C(C)(C)C1. The Labute approximate surface area is 94.2 Å². The molecule has 1 aliphatic heterocycles. The van der Waals surface area contributed by atoms with Crippen molar-refractivity contribution in [1.82, 2.24) is 4.90 Å². The van der Waals surface area contributed by atoms with Crippen molar-refractivity contribution < 1.29 is 0 Å². The minimum atomic E-state index is 0.621. The molecule has 3 rings (SSSR count). The lowest BCUT2D eigenvalue weighted by molar-refractivity contribution is 0.166. The Kier molecular flexibility index (Phi) is 2.18. The van der Waals surface area contributed by atoms with Gasteiger partial charge in [-0.2, -0.15) is 0 Å². The number of hydrogen-bond donors (Lipinski definition) is 0. The van der Waals surface area contributed by atoms with Crippen molar-refractivity contribution in [3.8, 4) is 0 Å². The normalized spacial score (nSPS) is 49.0. The van der Waals surface area contributed by atoms with E-state index in [1.165, 1.54) is 38.8 Å². The molecule has 0 aromatic rings. The van der Waals surface area contributed by atoms with E-state index in [1.54, 1.807) is 0 Å². The van der Waals surface area contributed by atoms with Crippen molar-refractivity contribution in [2.75, 3.05) is 13.1 Å². The largest absolute Gasteiger partial charge is 0.300 e. The Morgan fingerprint density at radius 3 is 2.47 bits per heavy atom. The monoisotopic (exact) mass is 207 g/mol. The van der Waals surface area contributed by atoms with Crippen LogP contribution >= 0.6 is 0 Å². The van der Waals surface area contributed by atoms with E-state index in [2.05, 4.69) is 25.7 Å². The summed E-state index contributed by atoms with van der Waals surface area (Å²) < 4.78 is 0. The second-order valence-electron chi connectivity index (χ2n) is 6.96. The summed E-state index contributed by atoms with van der Waals surface area (Å²) in [6, 6.07) is 0.979. The molecule has 15 heavy (non-hydrogen) atoms. The van der Waals surface area contributed by atoms with Crippen LogP contribution in [0, 0.1) is 23.2 Å². The number of rotatable bonds is 1. The first kappa shape index (κ1) is 10.1. The first-order valence-electron chi connectivity index (χ1n) is 6.83. The van der Waals surface area contributed by atoms with E-state index in [0.717, 1.165) is 23.8 Å². The molecule has 3 unspecified atom stereocenters. The van der Waals surface area contributed by atoms with Gasteiger partial charge in [0.1, 0.15) is 0 Å². The third-order valence-corrected chi connectivity index (χ3v) is 5.14. The van der Waals surface area contributed by atoms with Gasteiger partial charge in [0.05, 0.1) is 0 Å². The predicted molar refractivity (Wildman–Crippen MR) is 63.8 cm³/mol. The van der Waals surface area contributed by atoms with E-state index in [0.29, 0.717) is 5.41 Å². The van der Waals surface area contributed by atoms with Gasteiger partial charge in [-0.05, 0) is 61.9 Å². The molecule has 86 valence electrons. The topological polar surface area (TPSA) is 3.24 Å². The van der Waals surface area contributed by atoms with Crippen molar-refractivity contribution in [2.24, 2.45) is 23.2 Å². The molecule has 0 N–H and O–H groups in total. The van der Waals surface area contributed by atoms with Crippen molar-refractivity contribution >= 4 is 0 Å². The van der Waals surface area contributed by atoms with Gasteiger partial charge in [-0.3, -0.25) is 4.90 Å². The van der Waals surface area contributed by atoms with Gasteiger partial charge in [0.2, 0.25) is 0 Å². The van der Waals surface area contributed by atoms with Crippen LogP contribution in [0.2, 0.25) is 0 Å². The lowest BCUT2D eigenvalue weighted by Gasteiger charge is -2.33. The van der Waals surface area contributed by atoms with Crippen LogP contribution in [-0.4, -0.2) is 24.0 Å². The van der Waals surface area contributed by atoms with E-state index in [-0.39, 0.29) is 0 Å². The molecular weight excluding hydrogens is 182 g/mol. The molecule has 4 atom stereocenters. The van der Waals surface area contributed by atoms with Crippen LogP contribution in [0.4, 0.5) is 0 Å². The molecule has 2 aliphatic carbocycles. The fraction of sp³-hybridized carbons (Fsp3) is 1.00. The number of fused-ring (bicyclic) bond motifs is 1. The Bertz CT molecular complexity index is 252. The Morgan fingerprint density at radius 2 is 1.80 bits per heavy atom. The number of nitrogens with zero attached hydrogens (tertiary/aromatic N) is 1. The molecule has 0 spiro atoms. The van der Waals surface area contributed by atoms with Crippen LogP contribution in [0.15, 0.2) is 0 Å². The summed E-state index contributed by atoms with van der Waals surface area (Å²) in [6.45, 7) is 10.3. The lowest BCUT2D eigenvalue weighted by Crippen LogP contribution is -2.28. The van der Waals surface area contributed by atoms with Crippen LogP contribution < -0.4 is 0 Å². The molecule has 0 amide bonds. The second kappa shape index (κ2) is 3.23. The highest BCUT2D eigenvalue weighted by Crippen LogP contribution is 2.62. The average Bonchev–Trinajstić information content (AvgIpc) is 2.63. The average molecular weight is 207 g/mol. The molecule has 3 aliphatic rings. The van der Waals surface area contributed by atoms with Gasteiger partial charge in [0.15, 0.2) is 0 Å². The third-order valence-electron chi connectivity index (χ3n) is 5.14. The summed E-state index contributed by atoms with van der Waals surface area (Å²) >= 11 is 0. The van der Waals surface area contributed by atoms with Gasteiger partial charge in [-0.1, -0.05) is 20.8 Å². The molecule has 1 heteroatoms. The lowest BCUT2D eigenvalue weighted by atomic mass is 9.72. The smallest absolute Gasteiger partial charge is 0.0164 e. The molecule has 0 radical (unpaired) electrons. The maximum absolute atomic E-state index is 2.80. The van der Waals surface area contributed by atoms with Crippen LogP contribution in [0.25, 0.3) is 0 Å².